The summed E-state index contributed by atoms with van der Waals surface area (Å²) >= 11 is 5.83. The summed E-state index contributed by atoms with van der Waals surface area (Å²) in [6, 6.07) is 23.2. The molecule has 0 aromatic heterocycles. The predicted octanol–water partition coefficient (Wildman–Crippen LogP) is 5.27. The Labute approximate surface area is 168 Å². The van der Waals surface area contributed by atoms with E-state index in [1.165, 1.54) is 6.92 Å². The van der Waals surface area contributed by atoms with E-state index < -0.39 is 18.0 Å². The van der Waals surface area contributed by atoms with E-state index in [2.05, 4.69) is 10.6 Å². The molecule has 0 aliphatic carbocycles. The van der Waals surface area contributed by atoms with Crippen LogP contribution in [-0.2, 0) is 9.53 Å². The van der Waals surface area contributed by atoms with Gasteiger partial charge < -0.3 is 15.4 Å². The van der Waals surface area contributed by atoms with Crippen molar-refractivity contribution in [2.45, 2.75) is 13.0 Å². The number of hydrogen-bond acceptors (Lipinski definition) is 4. The Morgan fingerprint density at radius 1 is 0.857 bits per heavy atom. The van der Waals surface area contributed by atoms with Crippen LogP contribution in [0.2, 0.25) is 5.02 Å². The van der Waals surface area contributed by atoms with Crippen LogP contribution in [0.3, 0.4) is 0 Å². The topological polar surface area (TPSA) is 67.4 Å². The molecule has 0 aliphatic heterocycles. The minimum absolute atomic E-state index is 0.345. The van der Waals surface area contributed by atoms with E-state index in [9.17, 15) is 9.59 Å². The van der Waals surface area contributed by atoms with Gasteiger partial charge in [-0.2, -0.15) is 0 Å². The first-order valence-corrected chi connectivity index (χ1v) is 9.09. The van der Waals surface area contributed by atoms with E-state index in [-0.39, 0.29) is 0 Å². The van der Waals surface area contributed by atoms with Gasteiger partial charge in [-0.25, -0.2) is 4.79 Å². The Hall–Kier alpha value is -3.31. The highest BCUT2D eigenvalue weighted by atomic mass is 35.5. The number of nitrogens with one attached hydrogen (secondary N) is 2. The SMILES string of the molecule is C[C@@H](OC(=O)c1ccccc1Nc1ccccc1)C(=O)Nc1ccc(Cl)cc1. The van der Waals surface area contributed by atoms with Gasteiger partial charge in [0.15, 0.2) is 6.10 Å². The van der Waals surface area contributed by atoms with Gasteiger partial charge in [0.2, 0.25) is 0 Å². The molecule has 1 amide bonds. The lowest BCUT2D eigenvalue weighted by molar-refractivity contribution is -0.123. The van der Waals surface area contributed by atoms with Crippen LogP contribution in [0.15, 0.2) is 78.9 Å². The number of anilines is 3. The molecular formula is C22H19ClN2O3. The van der Waals surface area contributed by atoms with Crippen molar-refractivity contribution in [1.29, 1.82) is 0 Å². The van der Waals surface area contributed by atoms with Gasteiger partial charge in [0.05, 0.1) is 11.3 Å². The highest BCUT2D eigenvalue weighted by Gasteiger charge is 2.21. The summed E-state index contributed by atoms with van der Waals surface area (Å²) < 4.78 is 5.36. The molecule has 0 saturated carbocycles. The second-order valence-corrected chi connectivity index (χ2v) is 6.52. The molecule has 2 N–H and O–H groups in total. The quantitative estimate of drug-likeness (QED) is 0.559. The van der Waals surface area contributed by atoms with Gasteiger partial charge in [-0.1, -0.05) is 41.9 Å². The van der Waals surface area contributed by atoms with E-state index in [0.29, 0.717) is 22.0 Å². The second-order valence-electron chi connectivity index (χ2n) is 6.08. The molecule has 5 nitrogen and oxygen atoms in total. The Bertz CT molecular complexity index is 959. The van der Waals surface area contributed by atoms with Crippen molar-refractivity contribution in [3.63, 3.8) is 0 Å². The molecule has 0 aliphatic rings. The standard InChI is InChI=1S/C22H19ClN2O3/c1-15(21(26)25-18-13-11-16(23)12-14-18)28-22(27)19-9-5-6-10-20(19)24-17-7-3-2-4-8-17/h2-15,24H,1H3,(H,25,26)/t15-/m1/s1. The molecule has 0 radical (unpaired) electrons. The van der Waals surface area contributed by atoms with Crippen molar-refractivity contribution >= 4 is 40.5 Å². The average molecular weight is 395 g/mol. The fourth-order valence-electron chi connectivity index (χ4n) is 2.50. The monoisotopic (exact) mass is 394 g/mol. The molecule has 0 spiro atoms. The number of rotatable bonds is 6. The van der Waals surface area contributed by atoms with Gasteiger partial charge >= 0.3 is 5.97 Å². The summed E-state index contributed by atoms with van der Waals surface area (Å²) in [6.07, 6.45) is -0.965. The van der Waals surface area contributed by atoms with Gasteiger partial charge in [0, 0.05) is 16.4 Å². The van der Waals surface area contributed by atoms with E-state index in [1.54, 1.807) is 42.5 Å². The number of para-hydroxylation sites is 2. The minimum atomic E-state index is -0.965. The first kappa shape index (κ1) is 19.5. The zero-order valence-electron chi connectivity index (χ0n) is 15.2. The number of esters is 1. The second kappa shape index (κ2) is 9.06. The predicted molar refractivity (Wildman–Crippen MR) is 111 cm³/mol. The lowest BCUT2D eigenvalue weighted by Gasteiger charge is -2.16. The molecule has 3 rings (SSSR count). The summed E-state index contributed by atoms with van der Waals surface area (Å²) in [5.74, 6) is -1.01. The van der Waals surface area contributed by atoms with Crippen LogP contribution in [0.25, 0.3) is 0 Å². The third kappa shape index (κ3) is 5.11. The van der Waals surface area contributed by atoms with Crippen LogP contribution >= 0.6 is 11.6 Å². The maximum absolute atomic E-state index is 12.6. The zero-order valence-corrected chi connectivity index (χ0v) is 15.9. The van der Waals surface area contributed by atoms with Gasteiger partial charge in [-0.15, -0.1) is 0 Å². The van der Waals surface area contributed by atoms with Crippen LogP contribution < -0.4 is 10.6 Å². The highest BCUT2D eigenvalue weighted by Crippen LogP contribution is 2.22. The Kier molecular flexibility index (Phi) is 6.29. The van der Waals surface area contributed by atoms with Crippen molar-refractivity contribution in [1.82, 2.24) is 0 Å². The number of carbonyl (C=O) groups excluding carboxylic acids is 2. The van der Waals surface area contributed by atoms with Gasteiger partial charge in [-0.3, -0.25) is 4.79 Å². The van der Waals surface area contributed by atoms with Crippen LogP contribution in [0.1, 0.15) is 17.3 Å². The zero-order chi connectivity index (χ0) is 19.9. The minimum Gasteiger partial charge on any atom is -0.449 e. The molecule has 0 bridgehead atoms. The molecule has 142 valence electrons. The molecule has 0 heterocycles. The van der Waals surface area contributed by atoms with E-state index >= 15 is 0 Å². The molecule has 0 fully saturated rings. The van der Waals surface area contributed by atoms with Crippen molar-refractivity contribution in [2.75, 3.05) is 10.6 Å². The molecular weight excluding hydrogens is 376 g/mol. The summed E-state index contributed by atoms with van der Waals surface area (Å²) in [7, 11) is 0. The molecule has 3 aromatic rings. The first-order chi connectivity index (χ1) is 13.5. The van der Waals surface area contributed by atoms with Gasteiger partial charge in [0.1, 0.15) is 0 Å². The maximum atomic E-state index is 12.6. The number of halogens is 1. The van der Waals surface area contributed by atoms with E-state index in [1.807, 2.05) is 36.4 Å². The Morgan fingerprint density at radius 3 is 2.21 bits per heavy atom. The third-order valence-corrected chi connectivity index (χ3v) is 4.22. The molecule has 0 saturated heterocycles. The number of hydrogen-bond donors (Lipinski definition) is 2. The van der Waals surface area contributed by atoms with E-state index in [4.69, 9.17) is 16.3 Å². The van der Waals surface area contributed by atoms with Crippen molar-refractivity contribution in [2.24, 2.45) is 0 Å². The average Bonchev–Trinajstić information content (AvgIpc) is 2.70. The van der Waals surface area contributed by atoms with Gasteiger partial charge in [-0.05, 0) is 55.5 Å². The van der Waals surface area contributed by atoms with Crippen LogP contribution in [0.4, 0.5) is 17.1 Å². The Morgan fingerprint density at radius 2 is 1.50 bits per heavy atom. The lowest BCUT2D eigenvalue weighted by Crippen LogP contribution is -2.30. The molecule has 6 heteroatoms. The molecule has 0 unspecified atom stereocenters. The van der Waals surface area contributed by atoms with Gasteiger partial charge in [0.25, 0.3) is 5.91 Å². The fourth-order valence-corrected chi connectivity index (χ4v) is 2.63. The van der Waals surface area contributed by atoms with Crippen molar-refractivity contribution < 1.29 is 14.3 Å². The van der Waals surface area contributed by atoms with Crippen LogP contribution in [0, 0.1) is 0 Å². The lowest BCUT2D eigenvalue weighted by atomic mass is 10.1. The molecule has 28 heavy (non-hydrogen) atoms. The highest BCUT2D eigenvalue weighted by molar-refractivity contribution is 6.30. The van der Waals surface area contributed by atoms with Crippen molar-refractivity contribution in [3.8, 4) is 0 Å². The van der Waals surface area contributed by atoms with Crippen LogP contribution in [-0.4, -0.2) is 18.0 Å². The van der Waals surface area contributed by atoms with E-state index in [0.717, 1.165) is 5.69 Å². The smallest absolute Gasteiger partial charge is 0.341 e. The largest absolute Gasteiger partial charge is 0.449 e. The van der Waals surface area contributed by atoms with Crippen molar-refractivity contribution in [3.05, 3.63) is 89.4 Å². The number of amides is 1. The normalized spacial score (nSPS) is 11.4. The Balaban J connectivity index is 1.67. The number of benzene rings is 3. The summed E-state index contributed by atoms with van der Waals surface area (Å²) in [4.78, 5) is 24.9. The summed E-state index contributed by atoms with van der Waals surface area (Å²) in [5.41, 5.74) is 2.36. The van der Waals surface area contributed by atoms with Crippen LogP contribution in [0.5, 0.6) is 0 Å². The summed E-state index contributed by atoms with van der Waals surface area (Å²) in [5, 5.41) is 6.45. The number of ether oxygens (including phenoxy) is 1. The maximum Gasteiger partial charge on any atom is 0.341 e. The molecule has 3 aromatic carbocycles. The number of carbonyl (C=O) groups is 2. The summed E-state index contributed by atoms with van der Waals surface area (Å²) in [6.45, 7) is 1.52. The first-order valence-electron chi connectivity index (χ1n) is 8.71. The molecule has 1 atom stereocenters. The fraction of sp³-hybridized carbons (Fsp3) is 0.0909. The third-order valence-electron chi connectivity index (χ3n) is 3.96.